The van der Waals surface area contributed by atoms with Crippen molar-refractivity contribution in [2.75, 3.05) is 11.9 Å². The van der Waals surface area contributed by atoms with E-state index in [2.05, 4.69) is 5.32 Å². The highest BCUT2D eigenvalue weighted by molar-refractivity contribution is 14.1. The fourth-order valence-corrected chi connectivity index (χ4v) is 4.76. The highest BCUT2D eigenvalue weighted by atomic mass is 127. The molecule has 0 fully saturated rings. The molecule has 0 spiro atoms. The molecule has 0 aromatic heterocycles. The Morgan fingerprint density at radius 2 is 1.76 bits per heavy atom. The van der Waals surface area contributed by atoms with Gasteiger partial charge in [0.25, 0.3) is 5.91 Å². The van der Waals surface area contributed by atoms with Crippen molar-refractivity contribution in [1.29, 1.82) is 0 Å². The van der Waals surface area contributed by atoms with Crippen molar-refractivity contribution >= 4 is 49.7 Å². The summed E-state index contributed by atoms with van der Waals surface area (Å²) in [4.78, 5) is 12.2. The summed E-state index contributed by atoms with van der Waals surface area (Å²) < 4.78 is 59.7. The molecule has 0 saturated carbocycles. The van der Waals surface area contributed by atoms with Crippen molar-refractivity contribution in [1.82, 2.24) is 0 Å². The van der Waals surface area contributed by atoms with Gasteiger partial charge in [0.1, 0.15) is 28.3 Å². The first-order chi connectivity index (χ1) is 15.6. The summed E-state index contributed by atoms with van der Waals surface area (Å²) in [6.45, 7) is -0.242. The van der Waals surface area contributed by atoms with Gasteiger partial charge in [-0.1, -0.05) is 18.2 Å². The van der Waals surface area contributed by atoms with Gasteiger partial charge in [-0.2, -0.15) is 0 Å². The van der Waals surface area contributed by atoms with E-state index in [1.807, 2.05) is 22.6 Å². The van der Waals surface area contributed by atoms with E-state index in [9.17, 15) is 22.0 Å². The van der Waals surface area contributed by atoms with Gasteiger partial charge in [-0.25, -0.2) is 17.2 Å². The van der Waals surface area contributed by atoms with E-state index in [-0.39, 0.29) is 40.6 Å². The Kier molecular flexibility index (Phi) is 7.87. The van der Waals surface area contributed by atoms with Gasteiger partial charge in [0.2, 0.25) is 0 Å². The molecule has 3 aromatic rings. The summed E-state index contributed by atoms with van der Waals surface area (Å²) in [7, 11) is -3.81. The summed E-state index contributed by atoms with van der Waals surface area (Å²) in [5, 5.41) is 1.37. The average Bonchev–Trinajstić information content (AvgIpc) is 2.75. The normalized spacial score (nSPS) is 12.2. The maximum atomic E-state index is 14.2. The van der Waals surface area contributed by atoms with Gasteiger partial charge in [-0.3, -0.25) is 4.79 Å². The summed E-state index contributed by atoms with van der Waals surface area (Å²) in [6.07, 6.45) is -0.138. The molecule has 0 bridgehead atoms. The molecule has 174 valence electrons. The van der Waals surface area contributed by atoms with Crippen LogP contribution in [-0.4, -0.2) is 26.3 Å². The second-order valence-electron chi connectivity index (χ2n) is 6.97. The van der Waals surface area contributed by atoms with Crippen molar-refractivity contribution in [2.24, 2.45) is 11.5 Å². The van der Waals surface area contributed by atoms with Crippen LogP contribution < -0.4 is 21.5 Å². The fourth-order valence-electron chi connectivity index (χ4n) is 3.01. The highest BCUT2D eigenvalue weighted by Gasteiger charge is 2.24. The van der Waals surface area contributed by atoms with Crippen molar-refractivity contribution in [2.45, 2.75) is 16.7 Å². The topological polar surface area (TPSA) is 125 Å². The number of hydrogen-bond donors (Lipinski definition) is 3. The number of benzene rings is 3. The molecule has 3 rings (SSSR count). The number of sulfone groups is 1. The number of carbonyl (C=O) groups is 1. The van der Waals surface area contributed by atoms with Gasteiger partial charge >= 0.3 is 0 Å². The first-order valence-electron chi connectivity index (χ1n) is 9.62. The molecule has 1 unspecified atom stereocenters. The van der Waals surface area contributed by atoms with Crippen LogP contribution in [0, 0.1) is 15.2 Å². The Morgan fingerprint density at radius 3 is 2.39 bits per heavy atom. The molecule has 0 heterocycles. The average molecular weight is 587 g/mol. The summed E-state index contributed by atoms with van der Waals surface area (Å²) in [5.41, 5.74) is 11.0. The zero-order valence-electron chi connectivity index (χ0n) is 17.1. The molecule has 0 aliphatic heterocycles. The smallest absolute Gasteiger partial charge is 0.254 e. The van der Waals surface area contributed by atoms with Crippen LogP contribution in [0.2, 0.25) is 0 Å². The Balaban J connectivity index is 1.81. The van der Waals surface area contributed by atoms with E-state index >= 15 is 0 Å². The first kappa shape index (κ1) is 24.9. The molecule has 0 aliphatic carbocycles. The van der Waals surface area contributed by atoms with E-state index < -0.39 is 32.8 Å². The Bertz CT molecular complexity index is 1270. The van der Waals surface area contributed by atoms with Gasteiger partial charge < -0.3 is 21.5 Å². The molecule has 0 radical (unpaired) electrons. The Morgan fingerprint density at radius 1 is 1.06 bits per heavy atom. The van der Waals surface area contributed by atoms with Crippen molar-refractivity contribution < 1.29 is 26.7 Å². The summed E-state index contributed by atoms with van der Waals surface area (Å²) >= 11 is 1.94. The second-order valence-corrected chi connectivity index (χ2v) is 10.4. The van der Waals surface area contributed by atoms with Crippen LogP contribution in [0.5, 0.6) is 5.75 Å². The van der Waals surface area contributed by atoms with Crippen molar-refractivity contribution in [3.8, 4) is 5.75 Å². The Hall–Kier alpha value is -2.77. The zero-order chi connectivity index (χ0) is 24.2. The number of nitrogens with one attached hydrogen (secondary N) is 1. The number of anilines is 2. The molecule has 11 heteroatoms. The number of carbonyl (C=O) groups excluding carboxylic acids is 1. The molecule has 3 aromatic carbocycles. The molecule has 33 heavy (non-hydrogen) atoms. The lowest BCUT2D eigenvalue weighted by Crippen LogP contribution is -2.32. The zero-order valence-corrected chi connectivity index (χ0v) is 20.1. The molecule has 7 nitrogen and oxygen atoms in total. The quantitative estimate of drug-likeness (QED) is 0.326. The number of halogens is 3. The van der Waals surface area contributed by atoms with E-state index in [4.69, 9.17) is 16.2 Å². The minimum Gasteiger partial charge on any atom is -0.492 e. The van der Waals surface area contributed by atoms with Gasteiger partial charge in [0.15, 0.2) is 9.84 Å². The predicted octanol–water partition coefficient (Wildman–Crippen LogP) is 3.94. The molecular formula is C22H20F2IN3O4S. The van der Waals surface area contributed by atoms with E-state index in [1.165, 1.54) is 24.3 Å². The molecule has 0 aliphatic rings. The van der Waals surface area contributed by atoms with Crippen LogP contribution in [0.3, 0.4) is 0 Å². The van der Waals surface area contributed by atoms with Crippen LogP contribution in [0.1, 0.15) is 16.8 Å². The third kappa shape index (κ3) is 5.97. The molecule has 0 saturated heterocycles. The van der Waals surface area contributed by atoms with Crippen LogP contribution in [-0.2, 0) is 9.84 Å². The third-order valence-corrected chi connectivity index (χ3v) is 7.28. The van der Waals surface area contributed by atoms with Crippen LogP contribution in [0.25, 0.3) is 0 Å². The summed E-state index contributed by atoms with van der Waals surface area (Å²) in [6, 6.07) is 13.9. The maximum absolute atomic E-state index is 14.2. The molecular weight excluding hydrogens is 567 g/mol. The van der Waals surface area contributed by atoms with Gasteiger partial charge in [-0.15, -0.1) is 0 Å². The van der Waals surface area contributed by atoms with E-state index in [0.717, 1.165) is 12.1 Å². The predicted molar refractivity (Wildman–Crippen MR) is 129 cm³/mol. The number of rotatable bonds is 9. The van der Waals surface area contributed by atoms with Crippen LogP contribution >= 0.6 is 22.6 Å². The number of amides is 1. The van der Waals surface area contributed by atoms with Crippen LogP contribution in [0.15, 0.2) is 65.6 Å². The Labute approximate surface area is 203 Å². The van der Waals surface area contributed by atoms with E-state index in [1.54, 1.807) is 24.3 Å². The SMILES string of the molecule is NC(=O)c1c(Nc2ccc(I)cc2F)cc(F)cc1OCCC(N)S(=O)(=O)c1ccccc1. The molecule has 1 amide bonds. The standard InChI is InChI=1S/C22H20F2IN3O4S/c23-13-10-18(28-17-7-6-14(25)12-16(17)24)21(22(27)29)19(11-13)32-9-8-20(26)33(30,31)15-4-2-1-3-5-15/h1-7,10-12,20,28H,8-9,26H2,(H2,27,29). The van der Waals surface area contributed by atoms with Gasteiger partial charge in [0, 0.05) is 16.1 Å². The minimum absolute atomic E-state index is 0.00504. The summed E-state index contributed by atoms with van der Waals surface area (Å²) in [5.74, 6) is -2.55. The lowest BCUT2D eigenvalue weighted by atomic mass is 10.1. The number of nitrogens with two attached hydrogens (primary N) is 2. The minimum atomic E-state index is -3.81. The first-order valence-corrected chi connectivity index (χ1v) is 12.2. The lowest BCUT2D eigenvalue weighted by Gasteiger charge is -2.17. The fraction of sp³-hybridized carbons (Fsp3) is 0.136. The van der Waals surface area contributed by atoms with Crippen molar-refractivity contribution in [3.05, 3.63) is 81.4 Å². The largest absolute Gasteiger partial charge is 0.492 e. The van der Waals surface area contributed by atoms with Crippen LogP contribution in [0.4, 0.5) is 20.2 Å². The lowest BCUT2D eigenvalue weighted by molar-refractivity contribution is 0.0997. The number of primary amides is 1. The van der Waals surface area contributed by atoms with Gasteiger partial charge in [0.05, 0.1) is 22.9 Å². The monoisotopic (exact) mass is 587 g/mol. The molecule has 1 atom stereocenters. The second kappa shape index (κ2) is 10.4. The van der Waals surface area contributed by atoms with Gasteiger partial charge in [-0.05, 0) is 59.0 Å². The van der Waals surface area contributed by atoms with Crippen molar-refractivity contribution in [3.63, 3.8) is 0 Å². The number of hydrogen-bond acceptors (Lipinski definition) is 6. The van der Waals surface area contributed by atoms with E-state index in [0.29, 0.717) is 3.57 Å². The highest BCUT2D eigenvalue weighted by Crippen LogP contribution is 2.32. The number of ether oxygens (including phenoxy) is 1. The molecule has 5 N–H and O–H groups in total. The maximum Gasteiger partial charge on any atom is 0.254 e. The third-order valence-electron chi connectivity index (χ3n) is 4.64.